The van der Waals surface area contributed by atoms with Gasteiger partial charge in [-0.3, -0.25) is 14.8 Å². The summed E-state index contributed by atoms with van der Waals surface area (Å²) in [4.78, 5) is 25.7. The van der Waals surface area contributed by atoms with E-state index in [1.807, 2.05) is 0 Å². The Morgan fingerprint density at radius 1 is 1.48 bits per heavy atom. The van der Waals surface area contributed by atoms with Crippen LogP contribution in [-0.2, 0) is 14.3 Å². The molecular weight excluding hydrogens is 304 g/mol. The zero-order valence-electron chi connectivity index (χ0n) is 11.8. The van der Waals surface area contributed by atoms with E-state index in [0.717, 1.165) is 0 Å². The van der Waals surface area contributed by atoms with Crippen molar-refractivity contribution < 1.29 is 24.6 Å². The predicted octanol–water partition coefficient (Wildman–Crippen LogP) is 0.751. The molecule has 4 rings (SSSR count). The van der Waals surface area contributed by atoms with E-state index in [2.05, 4.69) is 0 Å². The molecule has 120 valence electrons. The van der Waals surface area contributed by atoms with E-state index in [-0.39, 0.29) is 23.4 Å². The summed E-state index contributed by atoms with van der Waals surface area (Å²) >= 11 is 0. The highest BCUT2D eigenvalue weighted by atomic mass is 16.8. The number of nitrogens with zero attached hydrogens (tertiary/aromatic N) is 2. The predicted molar refractivity (Wildman–Crippen MR) is 77.8 cm³/mol. The molecule has 8 nitrogen and oxygen atoms in total. The Kier molecular flexibility index (Phi) is 2.80. The van der Waals surface area contributed by atoms with E-state index in [1.54, 1.807) is 18.2 Å². The van der Waals surface area contributed by atoms with Gasteiger partial charge in [-0.15, -0.1) is 0 Å². The number of hydrogen-bond acceptors (Lipinski definition) is 6. The standard InChI is InChI=1S/C15H13N2O6/c18-13-12-11(14(19)20)10-4-5-15(12,23-10)7-16(13)8-2-1-3-9(6-8)17(21)22/h1-6,10-12,21H,7H2,(H,19,20)/q-1. The Morgan fingerprint density at radius 2 is 2.26 bits per heavy atom. The molecule has 0 radical (unpaired) electrons. The third kappa shape index (κ3) is 1.83. The van der Waals surface area contributed by atoms with Crippen LogP contribution < -0.4 is 10.1 Å². The zero-order valence-corrected chi connectivity index (χ0v) is 11.8. The highest BCUT2D eigenvalue weighted by Gasteiger charge is 2.67. The maximum atomic E-state index is 12.8. The zero-order chi connectivity index (χ0) is 16.4. The van der Waals surface area contributed by atoms with Gasteiger partial charge in [0.1, 0.15) is 11.5 Å². The van der Waals surface area contributed by atoms with Gasteiger partial charge in [-0.05, 0) is 18.2 Å². The third-order valence-electron chi connectivity index (χ3n) is 4.75. The second-order valence-corrected chi connectivity index (χ2v) is 5.96. The first kappa shape index (κ1) is 14.2. The molecule has 3 aliphatic rings. The minimum Gasteiger partial charge on any atom is -0.733 e. The van der Waals surface area contributed by atoms with Crippen LogP contribution in [0.15, 0.2) is 36.4 Å². The summed E-state index contributed by atoms with van der Waals surface area (Å²) in [7, 11) is 0. The number of hydrogen-bond donors (Lipinski definition) is 2. The quantitative estimate of drug-likeness (QED) is 0.624. The molecule has 3 heterocycles. The number of amides is 1. The molecule has 23 heavy (non-hydrogen) atoms. The summed E-state index contributed by atoms with van der Waals surface area (Å²) in [6.07, 6.45) is 2.87. The Morgan fingerprint density at radius 3 is 2.96 bits per heavy atom. The molecule has 2 bridgehead atoms. The molecule has 2 fully saturated rings. The van der Waals surface area contributed by atoms with Crippen molar-refractivity contribution in [2.75, 3.05) is 16.7 Å². The van der Waals surface area contributed by atoms with Crippen molar-refractivity contribution in [3.05, 3.63) is 41.6 Å². The molecule has 8 heteroatoms. The Balaban J connectivity index is 1.72. The molecule has 2 N–H and O–H groups in total. The largest absolute Gasteiger partial charge is 0.733 e. The lowest BCUT2D eigenvalue weighted by Gasteiger charge is -2.25. The van der Waals surface area contributed by atoms with Crippen LogP contribution in [0.4, 0.5) is 11.4 Å². The molecule has 1 spiro atoms. The molecule has 1 amide bonds. The molecule has 0 aliphatic carbocycles. The fourth-order valence-electron chi connectivity index (χ4n) is 3.78. The van der Waals surface area contributed by atoms with Gasteiger partial charge in [0.15, 0.2) is 0 Å². The minimum atomic E-state index is -1.06. The van der Waals surface area contributed by atoms with Gasteiger partial charge in [0.25, 0.3) is 0 Å². The summed E-state index contributed by atoms with van der Waals surface area (Å²) in [5.41, 5.74) is -0.534. The number of anilines is 2. The lowest BCUT2D eigenvalue weighted by Crippen LogP contribution is -2.39. The average molecular weight is 317 g/mol. The van der Waals surface area contributed by atoms with Crippen molar-refractivity contribution in [1.82, 2.24) is 0 Å². The van der Waals surface area contributed by atoms with Crippen molar-refractivity contribution in [2.24, 2.45) is 11.8 Å². The van der Waals surface area contributed by atoms with Crippen LogP contribution in [0.3, 0.4) is 0 Å². The van der Waals surface area contributed by atoms with Crippen LogP contribution in [0.1, 0.15) is 0 Å². The molecule has 1 aromatic carbocycles. The molecule has 3 aliphatic heterocycles. The molecule has 4 atom stereocenters. The number of carbonyl (C=O) groups is 2. The Hall–Kier alpha value is -2.42. The highest BCUT2D eigenvalue weighted by Crippen LogP contribution is 2.52. The average Bonchev–Trinajstić information content (AvgIpc) is 3.15. The van der Waals surface area contributed by atoms with Crippen molar-refractivity contribution >= 4 is 23.3 Å². The van der Waals surface area contributed by atoms with Gasteiger partial charge in [0.05, 0.1) is 24.3 Å². The van der Waals surface area contributed by atoms with Crippen molar-refractivity contribution in [3.63, 3.8) is 0 Å². The van der Waals surface area contributed by atoms with Gasteiger partial charge in [-0.2, -0.15) is 0 Å². The molecule has 2 saturated heterocycles. The first-order valence-corrected chi connectivity index (χ1v) is 7.10. The van der Waals surface area contributed by atoms with Gasteiger partial charge in [0.2, 0.25) is 5.91 Å². The Labute approximate surface area is 130 Å². The maximum absolute atomic E-state index is 12.8. The summed E-state index contributed by atoms with van der Waals surface area (Å²) < 4.78 is 5.78. The van der Waals surface area contributed by atoms with Crippen LogP contribution in [-0.4, -0.2) is 40.4 Å². The number of ether oxygens (including phenoxy) is 1. The smallest absolute Gasteiger partial charge is 0.310 e. The van der Waals surface area contributed by atoms with Crippen molar-refractivity contribution in [2.45, 2.75) is 11.7 Å². The van der Waals surface area contributed by atoms with Crippen LogP contribution in [0, 0.1) is 17.0 Å². The SMILES string of the molecule is O=C(O)C1C2C=CC3(CN(c4cccc(N([O-])O)c4)C(=O)C13)O2. The number of carbonyl (C=O) groups excluding carboxylic acids is 1. The number of rotatable bonds is 3. The van der Waals surface area contributed by atoms with Crippen LogP contribution in [0.2, 0.25) is 0 Å². The number of aliphatic carboxylic acids is 1. The summed E-state index contributed by atoms with van der Waals surface area (Å²) in [6.45, 7) is 0.182. The highest BCUT2D eigenvalue weighted by molar-refractivity contribution is 6.02. The van der Waals surface area contributed by atoms with Gasteiger partial charge in [0, 0.05) is 5.69 Å². The lowest BCUT2D eigenvalue weighted by atomic mass is 9.77. The fraction of sp³-hybridized carbons (Fsp3) is 0.333. The van der Waals surface area contributed by atoms with E-state index in [9.17, 15) is 19.9 Å². The topological polar surface area (TPSA) is 113 Å². The molecular formula is C15H13N2O6-. The van der Waals surface area contributed by atoms with E-state index < -0.39 is 29.5 Å². The molecule has 0 saturated carbocycles. The van der Waals surface area contributed by atoms with Crippen LogP contribution in [0.5, 0.6) is 0 Å². The van der Waals surface area contributed by atoms with Crippen molar-refractivity contribution in [1.29, 1.82) is 0 Å². The fourth-order valence-corrected chi connectivity index (χ4v) is 3.78. The van der Waals surface area contributed by atoms with E-state index in [0.29, 0.717) is 5.69 Å². The van der Waals surface area contributed by atoms with E-state index in [4.69, 9.17) is 9.94 Å². The third-order valence-corrected chi connectivity index (χ3v) is 4.75. The van der Waals surface area contributed by atoms with Crippen molar-refractivity contribution in [3.8, 4) is 0 Å². The second-order valence-electron chi connectivity index (χ2n) is 5.96. The number of benzene rings is 1. The molecule has 1 aromatic rings. The van der Waals surface area contributed by atoms with E-state index >= 15 is 0 Å². The normalized spacial score (nSPS) is 34.1. The number of fused-ring (bicyclic) bond motifs is 1. The van der Waals surface area contributed by atoms with Crippen LogP contribution >= 0.6 is 0 Å². The number of carboxylic acid groups (broad SMARTS) is 1. The van der Waals surface area contributed by atoms with Crippen LogP contribution in [0.25, 0.3) is 0 Å². The van der Waals surface area contributed by atoms with Gasteiger partial charge in [-0.1, -0.05) is 18.2 Å². The minimum absolute atomic E-state index is 0.0135. The molecule has 0 aromatic heterocycles. The Bertz CT molecular complexity index is 732. The van der Waals surface area contributed by atoms with E-state index in [1.165, 1.54) is 23.1 Å². The lowest BCUT2D eigenvalue weighted by molar-refractivity contribution is -0.146. The molecule has 4 unspecified atom stereocenters. The first-order valence-electron chi connectivity index (χ1n) is 7.10. The summed E-state index contributed by atoms with van der Waals surface area (Å²) in [6, 6.07) is 5.93. The van der Waals surface area contributed by atoms with Gasteiger partial charge < -0.3 is 25.2 Å². The first-order chi connectivity index (χ1) is 10.9. The maximum Gasteiger partial charge on any atom is 0.310 e. The number of carboxylic acids is 1. The summed E-state index contributed by atoms with van der Waals surface area (Å²) in [5, 5.41) is 29.1. The van der Waals surface area contributed by atoms with Gasteiger partial charge in [-0.25, -0.2) is 0 Å². The second kappa shape index (κ2) is 4.54. The monoisotopic (exact) mass is 317 g/mol. The van der Waals surface area contributed by atoms with Gasteiger partial charge >= 0.3 is 5.97 Å². The summed E-state index contributed by atoms with van der Waals surface area (Å²) in [5.74, 6) is -3.10.